The van der Waals surface area contributed by atoms with Crippen LogP contribution in [0, 0.1) is 0 Å². The van der Waals surface area contributed by atoms with Crippen molar-refractivity contribution in [3.8, 4) is 11.5 Å². The third-order valence-electron chi connectivity index (χ3n) is 5.76. The molecule has 1 fully saturated rings. The van der Waals surface area contributed by atoms with Crippen LogP contribution >= 0.6 is 11.6 Å². The second-order valence-corrected chi connectivity index (χ2v) is 8.15. The largest absolute Gasteiger partial charge is 0.454 e. The molecule has 0 aromatic heterocycles. The molecule has 29 heavy (non-hydrogen) atoms. The van der Waals surface area contributed by atoms with E-state index in [9.17, 15) is 4.79 Å². The number of halogens is 1. The highest BCUT2D eigenvalue weighted by molar-refractivity contribution is 6.31. The Morgan fingerprint density at radius 1 is 1.17 bits per heavy atom. The van der Waals surface area contributed by atoms with E-state index in [2.05, 4.69) is 24.4 Å². The average Bonchev–Trinajstić information content (AvgIpc) is 3.20. The van der Waals surface area contributed by atoms with Gasteiger partial charge in [-0.15, -0.1) is 0 Å². The minimum Gasteiger partial charge on any atom is -0.454 e. The van der Waals surface area contributed by atoms with Crippen LogP contribution in [0.25, 0.3) is 0 Å². The van der Waals surface area contributed by atoms with E-state index < -0.39 is 0 Å². The molecule has 2 aromatic rings. The van der Waals surface area contributed by atoms with Gasteiger partial charge in [0.15, 0.2) is 18.0 Å². The number of hydrogen-bond donors (Lipinski definition) is 2. The normalized spacial score (nSPS) is 17.4. The fourth-order valence-electron chi connectivity index (χ4n) is 3.97. The molecule has 3 N–H and O–H groups in total. The van der Waals surface area contributed by atoms with Crippen molar-refractivity contribution < 1.29 is 24.5 Å². The van der Waals surface area contributed by atoms with Gasteiger partial charge in [0.05, 0.1) is 26.2 Å². The van der Waals surface area contributed by atoms with Crippen molar-refractivity contribution in [3.63, 3.8) is 0 Å². The molecule has 6 nitrogen and oxygen atoms in total. The molecule has 0 aliphatic carbocycles. The number of nitrogens with one attached hydrogen (secondary N) is 1. The zero-order valence-electron chi connectivity index (χ0n) is 16.7. The van der Waals surface area contributed by atoms with Crippen LogP contribution in [-0.2, 0) is 11.3 Å². The number of amides is 1. The SMILES string of the molecule is C[C@H]([NH2+]CC(=O)N1CC[NH+](Cc2ccc3c(c2)OCO3)CC1)c1ccccc1Cl. The van der Waals surface area contributed by atoms with Gasteiger partial charge in [0, 0.05) is 16.1 Å². The first kappa shape index (κ1) is 20.0. The quantitative estimate of drug-likeness (QED) is 0.724. The number of piperazine rings is 1. The number of quaternary nitrogens is 2. The van der Waals surface area contributed by atoms with Crippen molar-refractivity contribution >= 4 is 17.5 Å². The summed E-state index contributed by atoms with van der Waals surface area (Å²) < 4.78 is 10.8. The Kier molecular flexibility index (Phi) is 6.23. The van der Waals surface area contributed by atoms with Gasteiger partial charge >= 0.3 is 0 Å². The highest BCUT2D eigenvalue weighted by Gasteiger charge is 2.26. The van der Waals surface area contributed by atoms with Gasteiger partial charge in [-0.3, -0.25) is 4.79 Å². The molecule has 0 unspecified atom stereocenters. The van der Waals surface area contributed by atoms with Crippen molar-refractivity contribution in [3.05, 3.63) is 58.6 Å². The summed E-state index contributed by atoms with van der Waals surface area (Å²) in [6, 6.07) is 14.1. The predicted octanol–water partition coefficient (Wildman–Crippen LogP) is 0.620. The van der Waals surface area contributed by atoms with Crippen molar-refractivity contribution in [1.82, 2.24) is 4.90 Å². The summed E-state index contributed by atoms with van der Waals surface area (Å²) >= 11 is 6.26. The van der Waals surface area contributed by atoms with Crippen molar-refractivity contribution in [2.24, 2.45) is 0 Å². The maximum atomic E-state index is 12.6. The van der Waals surface area contributed by atoms with E-state index in [0.717, 1.165) is 54.8 Å². The number of hydrogen-bond acceptors (Lipinski definition) is 3. The highest BCUT2D eigenvalue weighted by atomic mass is 35.5. The molecule has 2 aliphatic rings. The number of nitrogens with two attached hydrogens (primary N) is 1. The molecule has 2 aromatic carbocycles. The van der Waals surface area contributed by atoms with Gasteiger partial charge in [0.25, 0.3) is 5.91 Å². The number of ether oxygens (including phenoxy) is 2. The molecular weight excluding hydrogens is 390 g/mol. The van der Waals surface area contributed by atoms with Crippen LogP contribution in [0.1, 0.15) is 24.1 Å². The first-order valence-electron chi connectivity index (χ1n) is 10.2. The van der Waals surface area contributed by atoms with E-state index in [1.807, 2.05) is 35.2 Å². The van der Waals surface area contributed by atoms with Crippen molar-refractivity contribution in [2.45, 2.75) is 19.5 Å². The van der Waals surface area contributed by atoms with Crippen LogP contribution < -0.4 is 19.7 Å². The lowest BCUT2D eigenvalue weighted by molar-refractivity contribution is -0.917. The Bertz CT molecular complexity index is 868. The molecule has 2 aliphatic heterocycles. The average molecular weight is 418 g/mol. The van der Waals surface area contributed by atoms with Crippen LogP contribution in [0.3, 0.4) is 0 Å². The molecule has 1 saturated heterocycles. The number of carbonyl (C=O) groups is 1. The second kappa shape index (κ2) is 9.03. The lowest BCUT2D eigenvalue weighted by atomic mass is 10.1. The summed E-state index contributed by atoms with van der Waals surface area (Å²) in [4.78, 5) is 16.1. The van der Waals surface area contributed by atoms with E-state index in [0.29, 0.717) is 13.3 Å². The lowest BCUT2D eigenvalue weighted by Gasteiger charge is -2.32. The van der Waals surface area contributed by atoms with Gasteiger partial charge in [-0.05, 0) is 31.2 Å². The number of carbonyl (C=O) groups excluding carboxylic acids is 1. The Balaban J connectivity index is 1.23. The minimum atomic E-state index is 0.158. The van der Waals surface area contributed by atoms with E-state index in [1.165, 1.54) is 10.5 Å². The molecule has 7 heteroatoms. The van der Waals surface area contributed by atoms with Crippen LogP contribution in [-0.4, -0.2) is 50.3 Å². The van der Waals surface area contributed by atoms with E-state index in [4.69, 9.17) is 21.1 Å². The minimum absolute atomic E-state index is 0.158. The third kappa shape index (κ3) is 4.83. The zero-order valence-corrected chi connectivity index (χ0v) is 17.5. The van der Waals surface area contributed by atoms with E-state index in [-0.39, 0.29) is 11.9 Å². The van der Waals surface area contributed by atoms with Crippen molar-refractivity contribution in [1.29, 1.82) is 0 Å². The molecular formula is C22H28ClN3O3+2. The molecule has 1 atom stereocenters. The van der Waals surface area contributed by atoms with Gasteiger partial charge < -0.3 is 24.6 Å². The number of benzene rings is 2. The van der Waals surface area contributed by atoms with Gasteiger partial charge in [-0.2, -0.15) is 0 Å². The summed E-state index contributed by atoms with van der Waals surface area (Å²) in [7, 11) is 0. The first-order valence-corrected chi connectivity index (χ1v) is 10.6. The van der Waals surface area contributed by atoms with Crippen LogP contribution in [0.5, 0.6) is 11.5 Å². The molecule has 0 spiro atoms. The molecule has 1 amide bonds. The fourth-order valence-corrected chi connectivity index (χ4v) is 4.27. The number of fused-ring (bicyclic) bond motifs is 1. The second-order valence-electron chi connectivity index (χ2n) is 7.75. The molecule has 0 radical (unpaired) electrons. The summed E-state index contributed by atoms with van der Waals surface area (Å²) in [5, 5.41) is 2.82. The number of nitrogens with zero attached hydrogens (tertiary/aromatic N) is 1. The molecule has 4 rings (SSSR count). The molecule has 0 bridgehead atoms. The third-order valence-corrected chi connectivity index (χ3v) is 6.10. The predicted molar refractivity (Wildman–Crippen MR) is 110 cm³/mol. The highest BCUT2D eigenvalue weighted by Crippen LogP contribution is 2.32. The Morgan fingerprint density at radius 3 is 2.72 bits per heavy atom. The maximum absolute atomic E-state index is 12.6. The summed E-state index contributed by atoms with van der Waals surface area (Å²) in [5.74, 6) is 1.85. The summed E-state index contributed by atoms with van der Waals surface area (Å²) in [6.45, 7) is 7.29. The van der Waals surface area contributed by atoms with Crippen LogP contribution in [0.15, 0.2) is 42.5 Å². The summed E-state index contributed by atoms with van der Waals surface area (Å²) in [5.41, 5.74) is 2.31. The van der Waals surface area contributed by atoms with E-state index >= 15 is 0 Å². The maximum Gasteiger partial charge on any atom is 0.278 e. The van der Waals surface area contributed by atoms with Gasteiger partial charge in [-0.1, -0.05) is 29.8 Å². The smallest absolute Gasteiger partial charge is 0.278 e. The van der Waals surface area contributed by atoms with Crippen molar-refractivity contribution in [2.75, 3.05) is 39.5 Å². The Morgan fingerprint density at radius 2 is 1.93 bits per heavy atom. The lowest BCUT2D eigenvalue weighted by Crippen LogP contribution is -3.13. The number of rotatable bonds is 6. The van der Waals surface area contributed by atoms with E-state index in [1.54, 1.807) is 0 Å². The molecule has 0 saturated carbocycles. The van der Waals surface area contributed by atoms with Gasteiger partial charge in [0.1, 0.15) is 12.6 Å². The van der Waals surface area contributed by atoms with Crippen LogP contribution in [0.2, 0.25) is 5.02 Å². The topological polar surface area (TPSA) is 59.8 Å². The Hall–Kier alpha value is -2.28. The molecule has 2 heterocycles. The molecule has 154 valence electrons. The van der Waals surface area contributed by atoms with Gasteiger partial charge in [0.2, 0.25) is 6.79 Å². The van der Waals surface area contributed by atoms with Gasteiger partial charge in [-0.25, -0.2) is 0 Å². The monoisotopic (exact) mass is 417 g/mol. The van der Waals surface area contributed by atoms with Crippen LogP contribution in [0.4, 0.5) is 0 Å². The summed E-state index contributed by atoms with van der Waals surface area (Å²) in [6.07, 6.45) is 0. The zero-order chi connectivity index (χ0) is 20.2. The standard InChI is InChI=1S/C22H26ClN3O3/c1-16(18-4-2-3-5-19(18)23)24-13-22(27)26-10-8-25(9-11-26)14-17-6-7-20-21(12-17)29-15-28-20/h2-7,12,16,24H,8-11,13-15H2,1H3/p+2/t16-/m0/s1. The fraction of sp³-hybridized carbons (Fsp3) is 0.409. The first-order chi connectivity index (χ1) is 14.1. The Labute approximate surface area is 176 Å².